The molecule has 1 aliphatic carbocycles. The number of fused-ring (bicyclic) bond motifs is 4. The molecule has 0 unspecified atom stereocenters. The Balaban J connectivity index is 0.792. The molecular formula is C61H72N10O10S. The van der Waals surface area contributed by atoms with E-state index in [1.54, 1.807) is 56.3 Å². The van der Waals surface area contributed by atoms with E-state index in [0.717, 1.165) is 46.2 Å². The van der Waals surface area contributed by atoms with Gasteiger partial charge < -0.3 is 52.4 Å². The number of carbonyl (C=O) groups excluding carboxylic acids is 6. The molecule has 1 fully saturated rings. The second-order valence-electron chi connectivity index (χ2n) is 21.1. The number of amides is 7. The monoisotopic (exact) mass is 1140 g/mol. The lowest BCUT2D eigenvalue weighted by molar-refractivity contribution is -0.128. The number of rotatable bonds is 24. The normalized spacial score (nSPS) is 14.7. The molecule has 5 aromatic carbocycles. The molecule has 0 bridgehead atoms. The van der Waals surface area contributed by atoms with Crippen LogP contribution in [0.25, 0.3) is 28.3 Å². The van der Waals surface area contributed by atoms with Crippen LogP contribution in [-0.4, -0.2) is 117 Å². The minimum absolute atomic E-state index is 0.0499. The molecule has 21 heteroatoms. The molecule has 432 valence electrons. The van der Waals surface area contributed by atoms with E-state index in [-0.39, 0.29) is 81.3 Å². The number of ether oxygens (including phenoxy) is 2. The van der Waals surface area contributed by atoms with Crippen molar-refractivity contribution in [3.63, 3.8) is 0 Å². The number of carbonyl (C=O) groups is 6. The Morgan fingerprint density at radius 3 is 2.10 bits per heavy atom. The predicted octanol–water partition coefficient (Wildman–Crippen LogP) is 7.76. The summed E-state index contributed by atoms with van der Waals surface area (Å²) in [6.45, 7) is 9.57. The number of anilines is 1. The van der Waals surface area contributed by atoms with E-state index >= 15 is 0 Å². The van der Waals surface area contributed by atoms with Crippen molar-refractivity contribution in [2.75, 3.05) is 51.2 Å². The molecule has 7 amide bonds. The molecule has 5 aromatic rings. The maximum Gasteiger partial charge on any atom is 0.407 e. The molecule has 9 N–H and O–H groups in total. The molecular weight excluding hydrogens is 1060 g/mol. The Kier molecular flexibility index (Phi) is 19.8. The fourth-order valence-corrected chi connectivity index (χ4v) is 11.9. The van der Waals surface area contributed by atoms with Gasteiger partial charge in [-0.2, -0.15) is 4.31 Å². The lowest BCUT2D eigenvalue weighted by atomic mass is 9.98. The summed E-state index contributed by atoms with van der Waals surface area (Å²) in [5.74, 6) is -1.63. The Morgan fingerprint density at radius 2 is 1.44 bits per heavy atom. The fraction of sp³-hybridized carbons (Fsp3) is 0.361. The van der Waals surface area contributed by atoms with Crippen LogP contribution >= 0.6 is 0 Å². The zero-order valence-electron chi connectivity index (χ0n) is 46.6. The zero-order chi connectivity index (χ0) is 58.5. The third kappa shape index (κ3) is 14.9. The van der Waals surface area contributed by atoms with Crippen LogP contribution in [0.4, 0.5) is 25.8 Å². The Morgan fingerprint density at radius 1 is 0.768 bits per heavy atom. The number of urea groups is 1. The minimum atomic E-state index is -3.87. The van der Waals surface area contributed by atoms with E-state index in [1.807, 2.05) is 97.6 Å². The highest BCUT2D eigenvalue weighted by Gasteiger charge is 2.37. The van der Waals surface area contributed by atoms with E-state index in [1.165, 1.54) is 4.31 Å². The molecule has 0 saturated carbocycles. The quantitative estimate of drug-likeness (QED) is 0.0293. The highest BCUT2D eigenvalue weighted by molar-refractivity contribution is 7.89. The summed E-state index contributed by atoms with van der Waals surface area (Å²) in [6, 6.07) is 31.8. The second kappa shape index (κ2) is 27.3. The number of sulfonamides is 1. The molecule has 0 spiro atoms. The van der Waals surface area contributed by atoms with Crippen molar-refractivity contribution in [1.29, 1.82) is 0 Å². The summed E-state index contributed by atoms with van der Waals surface area (Å²) in [7, 11) is -3.87. The minimum Gasteiger partial charge on any atom is -0.449 e. The van der Waals surface area contributed by atoms with Crippen molar-refractivity contribution >= 4 is 69.2 Å². The summed E-state index contributed by atoms with van der Waals surface area (Å²) in [6.07, 6.45) is 2.67. The summed E-state index contributed by atoms with van der Waals surface area (Å²) in [5, 5.41) is 13.5. The van der Waals surface area contributed by atoms with Gasteiger partial charge in [-0.1, -0.05) is 113 Å². The Hall–Kier alpha value is -8.56. The number of alkyl carbamates (subject to hydrolysis) is 2. The van der Waals surface area contributed by atoms with Crippen molar-refractivity contribution in [2.24, 2.45) is 28.3 Å². The molecule has 0 radical (unpaired) electrons. The van der Waals surface area contributed by atoms with Gasteiger partial charge in [-0.25, -0.2) is 27.8 Å². The zero-order valence-corrected chi connectivity index (χ0v) is 47.4. The number of nitrogens with two attached hydrogens (primary N) is 2. The lowest BCUT2D eigenvalue weighted by Gasteiger charge is -2.38. The van der Waals surface area contributed by atoms with Gasteiger partial charge >= 0.3 is 18.2 Å². The Labute approximate surface area is 478 Å². The van der Waals surface area contributed by atoms with Gasteiger partial charge in [-0.3, -0.25) is 14.4 Å². The van der Waals surface area contributed by atoms with Crippen molar-refractivity contribution in [3.05, 3.63) is 143 Å². The highest BCUT2D eigenvalue weighted by Crippen LogP contribution is 2.44. The topological polar surface area (TPSA) is 286 Å². The molecule has 2 atom stereocenters. The van der Waals surface area contributed by atoms with E-state index < -0.39 is 58.1 Å². The standard InChI is InChI=1S/C61H72N10O10S/c1-5-27-70(28-6-2)58(74)44-29-43-23-22-42(31-53(43)67-54(62)32-44)41-13-11-14-46(30-41)82(78,79)71-34-40(35-71)33-65-60(76)80-36-39-20-24-45(25-21-39)66-56(72)52(19-12-26-64-59(63)75)68-57(73)55(38(3)4)69-61(77)81-37-51-49-17-9-7-15-47(49)48-16-8-10-18-50(48)51/h7-11,13-18,20-25,29-31,38,40,51-52,55H,5-6,12,19,26-28,32-37H2,1-4H3,(H2,62,67)(H,65,76)(H,66,72)(H,68,73)(H,69,77)(H3,63,64,75)/t52-,55-/m0/s1. The number of benzene rings is 5. The van der Waals surface area contributed by atoms with Gasteiger partial charge in [0.25, 0.3) is 0 Å². The van der Waals surface area contributed by atoms with E-state index in [9.17, 15) is 37.2 Å². The first-order chi connectivity index (χ1) is 39.4. The van der Waals surface area contributed by atoms with Crippen molar-refractivity contribution in [2.45, 2.75) is 89.3 Å². The smallest absolute Gasteiger partial charge is 0.407 e. The number of nitrogens with one attached hydrogen (secondary N) is 5. The van der Waals surface area contributed by atoms with Crippen LogP contribution in [0.15, 0.2) is 131 Å². The van der Waals surface area contributed by atoms with Crippen molar-refractivity contribution < 1.29 is 46.7 Å². The van der Waals surface area contributed by atoms with Gasteiger partial charge in [0.2, 0.25) is 27.7 Å². The Bertz CT molecular complexity index is 3290. The summed E-state index contributed by atoms with van der Waals surface area (Å²) in [5.41, 5.74) is 20.1. The van der Waals surface area contributed by atoms with Crippen LogP contribution < -0.4 is 38.1 Å². The van der Waals surface area contributed by atoms with Crippen LogP contribution in [-0.2, 0) is 40.5 Å². The molecule has 8 rings (SSSR count). The van der Waals surface area contributed by atoms with Gasteiger partial charge in [0.1, 0.15) is 31.1 Å². The van der Waals surface area contributed by atoms with Gasteiger partial charge in [0, 0.05) is 74.3 Å². The summed E-state index contributed by atoms with van der Waals surface area (Å²) in [4.78, 5) is 85.0. The average molecular weight is 1140 g/mol. The highest BCUT2D eigenvalue weighted by atomic mass is 32.2. The largest absolute Gasteiger partial charge is 0.449 e. The summed E-state index contributed by atoms with van der Waals surface area (Å²) >= 11 is 0. The predicted molar refractivity (Wildman–Crippen MR) is 314 cm³/mol. The van der Waals surface area contributed by atoms with Crippen LogP contribution in [0, 0.1) is 11.8 Å². The first kappa shape index (κ1) is 59.6. The van der Waals surface area contributed by atoms with Crippen LogP contribution in [0.1, 0.15) is 88.0 Å². The maximum absolute atomic E-state index is 13.8. The second-order valence-corrected chi connectivity index (χ2v) is 23.0. The van der Waals surface area contributed by atoms with E-state index in [0.29, 0.717) is 47.0 Å². The van der Waals surface area contributed by atoms with Gasteiger partial charge in [0.05, 0.1) is 10.6 Å². The van der Waals surface area contributed by atoms with Crippen LogP contribution in [0.5, 0.6) is 0 Å². The number of amidine groups is 1. The molecule has 2 heterocycles. The third-order valence-electron chi connectivity index (χ3n) is 14.6. The number of aliphatic imine (C=N–C) groups is 1. The first-order valence-corrected chi connectivity index (χ1v) is 29.2. The molecule has 1 saturated heterocycles. The SMILES string of the molecule is CCCN(CCC)C(=O)C1=Cc2ccc(-c3cccc(S(=O)(=O)N4CC(CNC(=O)OCc5ccc(NC(=O)[C@H](CCCNC(N)=O)NC(=O)[C@@H](NC(=O)OCC6c7ccccc7-c7ccccc76)C(C)C)cc5)C4)c3)cc2N=C(N)C1. The lowest BCUT2D eigenvalue weighted by Crippen LogP contribution is -2.54. The average Bonchev–Trinajstić information content (AvgIpc) is 2.92. The third-order valence-corrected chi connectivity index (χ3v) is 16.4. The van der Waals surface area contributed by atoms with Gasteiger partial charge in [-0.15, -0.1) is 0 Å². The number of primary amides is 1. The van der Waals surface area contributed by atoms with E-state index in [4.69, 9.17) is 20.9 Å². The summed E-state index contributed by atoms with van der Waals surface area (Å²) < 4.78 is 40.1. The number of nitrogens with zero attached hydrogens (tertiary/aromatic N) is 3. The van der Waals surface area contributed by atoms with Crippen LogP contribution in [0.2, 0.25) is 0 Å². The van der Waals surface area contributed by atoms with E-state index in [2.05, 4.69) is 31.6 Å². The molecule has 0 aromatic heterocycles. The fourth-order valence-electron chi connectivity index (χ4n) is 10.3. The molecule has 2 aliphatic heterocycles. The van der Waals surface area contributed by atoms with Crippen molar-refractivity contribution in [3.8, 4) is 22.3 Å². The van der Waals surface area contributed by atoms with Gasteiger partial charge in [0.15, 0.2) is 0 Å². The molecule has 3 aliphatic rings. The first-order valence-electron chi connectivity index (χ1n) is 27.7. The number of hydrogen-bond donors (Lipinski definition) is 7. The molecule has 82 heavy (non-hydrogen) atoms. The van der Waals surface area contributed by atoms with Crippen LogP contribution in [0.3, 0.4) is 0 Å². The maximum atomic E-state index is 13.8. The van der Waals surface area contributed by atoms with Crippen molar-refractivity contribution in [1.82, 2.24) is 30.5 Å². The molecule has 20 nitrogen and oxygen atoms in total. The number of hydrogen-bond acceptors (Lipinski definition) is 12. The van der Waals surface area contributed by atoms with Gasteiger partial charge in [-0.05, 0) is 107 Å².